The molecular weight excluding hydrogens is 482 g/mol. The average molecular weight is 528 g/mol. The Kier molecular flexibility index (Phi) is 9.17. The summed E-state index contributed by atoms with van der Waals surface area (Å²) < 4.78 is 2.46. The second-order valence-electron chi connectivity index (χ2n) is 11.4. The number of piperazine rings is 2. The van der Waals surface area contributed by atoms with Gasteiger partial charge in [0.15, 0.2) is 0 Å². The molecule has 39 heavy (non-hydrogen) atoms. The number of benzene rings is 2. The maximum absolute atomic E-state index is 13.2. The molecule has 2 saturated heterocycles. The highest BCUT2D eigenvalue weighted by atomic mass is 16.2. The van der Waals surface area contributed by atoms with Crippen LogP contribution in [0.25, 0.3) is 17.0 Å². The van der Waals surface area contributed by atoms with Crippen molar-refractivity contribution in [2.24, 2.45) is 0 Å². The number of hydrogen-bond acceptors (Lipinski definition) is 4. The Bertz CT molecular complexity index is 1260. The number of rotatable bonds is 9. The third-order valence-electron chi connectivity index (χ3n) is 8.62. The number of hydrogen-bond donors (Lipinski definition) is 0. The molecule has 6 nitrogen and oxygen atoms in total. The predicted molar refractivity (Wildman–Crippen MR) is 162 cm³/mol. The lowest BCUT2D eigenvalue weighted by atomic mass is 10.1. The molecule has 0 radical (unpaired) electrons. The van der Waals surface area contributed by atoms with Crippen LogP contribution in [0.1, 0.15) is 28.8 Å². The van der Waals surface area contributed by atoms with Gasteiger partial charge in [-0.3, -0.25) is 9.69 Å². The molecule has 0 atom stereocenters. The third kappa shape index (κ3) is 6.99. The number of carbonyl (C=O) groups excluding carboxylic acids is 1. The summed E-state index contributed by atoms with van der Waals surface area (Å²) in [5, 5.41) is 1.25. The second kappa shape index (κ2) is 12.9. The number of carbonyl (C=O) groups is 1. The summed E-state index contributed by atoms with van der Waals surface area (Å²) in [7, 11) is 2.21. The maximum atomic E-state index is 13.2. The molecular formula is C33H45N5O. The highest BCUT2D eigenvalue weighted by Gasteiger charge is 2.20. The topological polar surface area (TPSA) is 35.0 Å². The van der Waals surface area contributed by atoms with Crippen molar-refractivity contribution in [3.8, 4) is 0 Å². The molecule has 1 amide bonds. The Hall–Kier alpha value is -2.93. The number of aryl methyl sites for hydroxylation is 2. The molecule has 1 aromatic heterocycles. The van der Waals surface area contributed by atoms with E-state index in [1.54, 1.807) is 6.08 Å². The second-order valence-corrected chi connectivity index (χ2v) is 11.4. The summed E-state index contributed by atoms with van der Waals surface area (Å²) in [6, 6.07) is 17.4. The van der Waals surface area contributed by atoms with E-state index >= 15 is 0 Å². The van der Waals surface area contributed by atoms with E-state index in [0.717, 1.165) is 71.7 Å². The largest absolute Gasteiger partial charge is 0.344 e. The number of nitrogens with zero attached hydrogens (tertiary/aromatic N) is 5. The SMILES string of the molecule is Cc1ccc2c(c1)c(/C=C/C(=O)N1CCN(CCc3ccccc3)CC1)c(C)n2CCCN1CCN(C)CC1. The molecule has 5 rings (SSSR count). The fourth-order valence-electron chi connectivity index (χ4n) is 6.03. The van der Waals surface area contributed by atoms with E-state index in [4.69, 9.17) is 0 Å². The van der Waals surface area contributed by atoms with Gasteiger partial charge in [0.1, 0.15) is 0 Å². The highest BCUT2D eigenvalue weighted by Crippen LogP contribution is 2.28. The molecule has 0 unspecified atom stereocenters. The van der Waals surface area contributed by atoms with Crippen LogP contribution >= 0.6 is 0 Å². The van der Waals surface area contributed by atoms with Gasteiger partial charge in [-0.2, -0.15) is 0 Å². The normalized spacial score (nSPS) is 18.0. The van der Waals surface area contributed by atoms with Crippen LogP contribution < -0.4 is 0 Å². The van der Waals surface area contributed by atoms with Crippen molar-refractivity contribution in [1.29, 1.82) is 0 Å². The zero-order valence-corrected chi connectivity index (χ0v) is 24.1. The van der Waals surface area contributed by atoms with E-state index in [9.17, 15) is 4.79 Å². The molecule has 2 aromatic carbocycles. The van der Waals surface area contributed by atoms with Crippen LogP contribution in [-0.4, -0.2) is 103 Å². The number of amides is 1. The summed E-state index contributed by atoms with van der Waals surface area (Å²) in [6.07, 6.45) is 6.07. The van der Waals surface area contributed by atoms with Gasteiger partial charge in [0.25, 0.3) is 0 Å². The minimum absolute atomic E-state index is 0.126. The zero-order valence-electron chi connectivity index (χ0n) is 24.1. The van der Waals surface area contributed by atoms with E-state index in [1.165, 1.54) is 46.4 Å². The Labute approximate surface area is 234 Å². The molecule has 2 aliphatic heterocycles. The first-order chi connectivity index (χ1) is 19.0. The molecule has 3 aromatic rings. The standard InChI is InChI=1S/C33H45N5O/c1-27-10-12-32-31(26-27)30(28(2)38(32)16-7-15-35-20-18-34(3)19-21-35)11-13-33(39)37-24-22-36(23-25-37)17-14-29-8-5-4-6-9-29/h4-6,8-13,26H,7,14-25H2,1-3H3/b13-11+. The summed E-state index contributed by atoms with van der Waals surface area (Å²) in [5.74, 6) is 0.126. The lowest BCUT2D eigenvalue weighted by Gasteiger charge is -2.34. The van der Waals surface area contributed by atoms with Crippen molar-refractivity contribution >= 4 is 22.9 Å². The van der Waals surface area contributed by atoms with Crippen molar-refractivity contribution in [2.75, 3.05) is 72.5 Å². The first kappa shape index (κ1) is 27.6. The smallest absolute Gasteiger partial charge is 0.246 e. The van der Waals surface area contributed by atoms with Gasteiger partial charge < -0.3 is 19.3 Å². The minimum Gasteiger partial charge on any atom is -0.344 e. The maximum Gasteiger partial charge on any atom is 0.246 e. The zero-order chi connectivity index (χ0) is 27.2. The van der Waals surface area contributed by atoms with Crippen molar-refractivity contribution in [2.45, 2.75) is 33.2 Å². The van der Waals surface area contributed by atoms with Crippen LogP contribution in [0.5, 0.6) is 0 Å². The van der Waals surface area contributed by atoms with E-state index < -0.39 is 0 Å². The van der Waals surface area contributed by atoms with Gasteiger partial charge in [-0.15, -0.1) is 0 Å². The molecule has 0 saturated carbocycles. The molecule has 208 valence electrons. The summed E-state index contributed by atoms with van der Waals surface area (Å²) >= 11 is 0. The van der Waals surface area contributed by atoms with Crippen LogP contribution in [0.3, 0.4) is 0 Å². The van der Waals surface area contributed by atoms with Gasteiger partial charge >= 0.3 is 0 Å². The fourth-order valence-corrected chi connectivity index (χ4v) is 6.03. The summed E-state index contributed by atoms with van der Waals surface area (Å²) in [6.45, 7) is 15.7. The first-order valence-electron chi connectivity index (χ1n) is 14.7. The predicted octanol–water partition coefficient (Wildman–Crippen LogP) is 4.30. The molecule has 3 heterocycles. The average Bonchev–Trinajstić information content (AvgIpc) is 3.21. The number of fused-ring (bicyclic) bond motifs is 1. The number of likely N-dealkylation sites (N-methyl/N-ethyl adjacent to an activating group) is 1. The molecule has 2 aliphatic rings. The van der Waals surface area contributed by atoms with Crippen LogP contribution in [0.2, 0.25) is 0 Å². The first-order valence-corrected chi connectivity index (χ1v) is 14.7. The molecule has 0 spiro atoms. The molecule has 0 aliphatic carbocycles. The van der Waals surface area contributed by atoms with E-state index in [1.807, 2.05) is 4.90 Å². The van der Waals surface area contributed by atoms with E-state index in [-0.39, 0.29) is 5.91 Å². The Balaban J connectivity index is 1.19. The van der Waals surface area contributed by atoms with Gasteiger partial charge in [-0.1, -0.05) is 42.0 Å². The van der Waals surface area contributed by atoms with Crippen LogP contribution in [-0.2, 0) is 17.8 Å². The summed E-state index contributed by atoms with van der Waals surface area (Å²) in [5.41, 5.74) is 6.34. The molecule has 0 bridgehead atoms. The van der Waals surface area contributed by atoms with Crippen molar-refractivity contribution in [1.82, 2.24) is 24.2 Å². The van der Waals surface area contributed by atoms with Crippen molar-refractivity contribution in [3.63, 3.8) is 0 Å². The lowest BCUT2D eigenvalue weighted by Crippen LogP contribution is -2.48. The van der Waals surface area contributed by atoms with Gasteiger partial charge in [-0.25, -0.2) is 0 Å². The van der Waals surface area contributed by atoms with E-state index in [2.05, 4.69) is 94.8 Å². The van der Waals surface area contributed by atoms with Gasteiger partial charge in [-0.05, 0) is 64.1 Å². The monoisotopic (exact) mass is 527 g/mol. The Morgan fingerprint density at radius 3 is 2.26 bits per heavy atom. The minimum atomic E-state index is 0.126. The lowest BCUT2D eigenvalue weighted by molar-refractivity contribution is -0.127. The Morgan fingerprint density at radius 1 is 0.821 bits per heavy atom. The fraction of sp³-hybridized carbons (Fsp3) is 0.485. The van der Waals surface area contributed by atoms with Gasteiger partial charge in [0, 0.05) is 93.7 Å². The van der Waals surface area contributed by atoms with Crippen LogP contribution in [0.15, 0.2) is 54.6 Å². The highest BCUT2D eigenvalue weighted by molar-refractivity contribution is 5.97. The van der Waals surface area contributed by atoms with Crippen molar-refractivity contribution < 1.29 is 4.79 Å². The quantitative estimate of drug-likeness (QED) is 0.389. The van der Waals surface area contributed by atoms with Crippen LogP contribution in [0.4, 0.5) is 0 Å². The molecule has 2 fully saturated rings. The van der Waals surface area contributed by atoms with Crippen molar-refractivity contribution in [3.05, 3.63) is 77.0 Å². The Morgan fingerprint density at radius 2 is 1.51 bits per heavy atom. The van der Waals surface area contributed by atoms with Crippen LogP contribution in [0, 0.1) is 13.8 Å². The third-order valence-corrected chi connectivity index (χ3v) is 8.62. The molecule has 6 heteroatoms. The number of aromatic nitrogens is 1. The van der Waals surface area contributed by atoms with E-state index in [0.29, 0.717) is 0 Å². The van der Waals surface area contributed by atoms with Gasteiger partial charge in [0.2, 0.25) is 5.91 Å². The summed E-state index contributed by atoms with van der Waals surface area (Å²) in [4.78, 5) is 22.6. The van der Waals surface area contributed by atoms with Gasteiger partial charge in [0.05, 0.1) is 0 Å². The molecule has 0 N–H and O–H groups in total.